The molecule has 0 radical (unpaired) electrons. The number of benzene rings is 1. The molecule has 0 fully saturated rings. The topological polar surface area (TPSA) is 26.3 Å². The van der Waals surface area contributed by atoms with Gasteiger partial charge in [-0.25, -0.2) is 0 Å². The van der Waals surface area contributed by atoms with Crippen LogP contribution in [0.5, 0.6) is 5.75 Å². The number of fused-ring (bicyclic) bond motifs is 1. The predicted molar refractivity (Wildman–Crippen MR) is 73.3 cm³/mol. The molecule has 0 saturated carbocycles. The highest BCUT2D eigenvalue weighted by Gasteiger charge is 2.26. The molecule has 1 aliphatic heterocycles. The van der Waals surface area contributed by atoms with E-state index in [1.165, 1.54) is 0 Å². The standard InChI is InChI=1S/C15H19ClO2/c1-15(2,3)14(17)7-5-12-9-10-8-11(16)4-6-13(10)18-12/h4,6,8,12H,5,7,9H2,1-3H3. The smallest absolute Gasteiger partial charge is 0.138 e. The summed E-state index contributed by atoms with van der Waals surface area (Å²) in [7, 11) is 0. The summed E-state index contributed by atoms with van der Waals surface area (Å²) in [6, 6.07) is 5.69. The molecular weight excluding hydrogens is 248 g/mol. The van der Waals surface area contributed by atoms with Gasteiger partial charge in [0.2, 0.25) is 0 Å². The Morgan fingerprint density at radius 1 is 1.44 bits per heavy atom. The van der Waals surface area contributed by atoms with Gasteiger partial charge in [-0.15, -0.1) is 0 Å². The number of ether oxygens (including phenoxy) is 1. The SMILES string of the molecule is CC(C)(C)C(=O)CCC1Cc2cc(Cl)ccc2O1. The highest BCUT2D eigenvalue weighted by Crippen LogP contribution is 2.33. The van der Waals surface area contributed by atoms with Crippen molar-refractivity contribution in [3.8, 4) is 5.75 Å². The molecule has 0 amide bonds. The second-order valence-electron chi connectivity index (χ2n) is 5.91. The number of halogens is 1. The van der Waals surface area contributed by atoms with E-state index in [-0.39, 0.29) is 11.5 Å². The van der Waals surface area contributed by atoms with Crippen LogP contribution >= 0.6 is 11.6 Å². The van der Waals surface area contributed by atoms with Crippen molar-refractivity contribution in [3.63, 3.8) is 0 Å². The molecule has 1 aromatic rings. The third-order valence-electron chi connectivity index (χ3n) is 3.29. The lowest BCUT2D eigenvalue weighted by atomic mass is 9.87. The molecule has 1 aliphatic rings. The highest BCUT2D eigenvalue weighted by molar-refractivity contribution is 6.30. The molecule has 0 aromatic heterocycles. The first kappa shape index (κ1) is 13.4. The fourth-order valence-corrected chi connectivity index (χ4v) is 2.31. The molecular formula is C15H19ClO2. The Kier molecular flexibility index (Phi) is 3.67. The number of rotatable bonds is 3. The Labute approximate surface area is 113 Å². The summed E-state index contributed by atoms with van der Waals surface area (Å²) in [4.78, 5) is 11.9. The summed E-state index contributed by atoms with van der Waals surface area (Å²) in [6.07, 6.45) is 2.33. The second kappa shape index (κ2) is 4.93. The number of carbonyl (C=O) groups is 1. The summed E-state index contributed by atoms with van der Waals surface area (Å²) in [5.74, 6) is 1.20. The van der Waals surface area contributed by atoms with Gasteiger partial charge in [-0.3, -0.25) is 4.79 Å². The molecule has 2 nitrogen and oxygen atoms in total. The zero-order chi connectivity index (χ0) is 13.3. The minimum absolute atomic E-state index is 0.116. The van der Waals surface area contributed by atoms with E-state index in [1.54, 1.807) is 0 Å². The van der Waals surface area contributed by atoms with Crippen molar-refractivity contribution in [3.05, 3.63) is 28.8 Å². The summed E-state index contributed by atoms with van der Waals surface area (Å²) in [5.41, 5.74) is 0.894. The van der Waals surface area contributed by atoms with E-state index in [4.69, 9.17) is 16.3 Å². The monoisotopic (exact) mass is 266 g/mol. The van der Waals surface area contributed by atoms with E-state index in [2.05, 4.69) is 0 Å². The van der Waals surface area contributed by atoms with Gasteiger partial charge < -0.3 is 4.74 Å². The quantitative estimate of drug-likeness (QED) is 0.825. The van der Waals surface area contributed by atoms with Gasteiger partial charge in [-0.2, -0.15) is 0 Å². The molecule has 0 aliphatic carbocycles. The van der Waals surface area contributed by atoms with Crippen LogP contribution in [0.2, 0.25) is 5.02 Å². The first-order valence-electron chi connectivity index (χ1n) is 6.34. The van der Waals surface area contributed by atoms with Gasteiger partial charge in [0.25, 0.3) is 0 Å². The van der Waals surface area contributed by atoms with Crippen LogP contribution in [-0.4, -0.2) is 11.9 Å². The number of hydrogen-bond donors (Lipinski definition) is 0. The third kappa shape index (κ3) is 3.05. The van der Waals surface area contributed by atoms with E-state index in [0.29, 0.717) is 12.2 Å². The van der Waals surface area contributed by atoms with Gasteiger partial charge in [-0.05, 0) is 30.2 Å². The van der Waals surface area contributed by atoms with Crippen LogP contribution in [0.15, 0.2) is 18.2 Å². The Balaban J connectivity index is 1.91. The van der Waals surface area contributed by atoms with Gasteiger partial charge in [0.1, 0.15) is 17.6 Å². The van der Waals surface area contributed by atoms with Crippen molar-refractivity contribution in [1.29, 1.82) is 0 Å². The van der Waals surface area contributed by atoms with Crippen LogP contribution in [0.25, 0.3) is 0 Å². The molecule has 0 spiro atoms. The van der Waals surface area contributed by atoms with Gasteiger partial charge in [0, 0.05) is 23.3 Å². The Bertz CT molecular complexity index is 460. The molecule has 2 rings (SSSR count). The van der Waals surface area contributed by atoms with Crippen molar-refractivity contribution >= 4 is 17.4 Å². The van der Waals surface area contributed by atoms with Crippen LogP contribution in [0, 0.1) is 5.41 Å². The number of ketones is 1. The van der Waals surface area contributed by atoms with Crippen LogP contribution in [0.4, 0.5) is 0 Å². The Hall–Kier alpha value is -1.02. The maximum absolute atomic E-state index is 11.9. The third-order valence-corrected chi connectivity index (χ3v) is 3.53. The fraction of sp³-hybridized carbons (Fsp3) is 0.533. The van der Waals surface area contributed by atoms with Crippen LogP contribution in [0.3, 0.4) is 0 Å². The predicted octanol–water partition coefficient (Wildman–Crippen LogP) is 4.04. The number of hydrogen-bond acceptors (Lipinski definition) is 2. The summed E-state index contributed by atoms with van der Waals surface area (Å²) in [5, 5.41) is 0.740. The van der Waals surface area contributed by atoms with Gasteiger partial charge in [0.15, 0.2) is 0 Å². The lowest BCUT2D eigenvalue weighted by Gasteiger charge is -2.17. The zero-order valence-electron chi connectivity index (χ0n) is 11.1. The Morgan fingerprint density at radius 3 is 2.83 bits per heavy atom. The molecule has 98 valence electrons. The average molecular weight is 267 g/mol. The van der Waals surface area contributed by atoms with Gasteiger partial charge >= 0.3 is 0 Å². The Morgan fingerprint density at radius 2 is 2.17 bits per heavy atom. The molecule has 0 saturated heterocycles. The van der Waals surface area contributed by atoms with E-state index in [0.717, 1.165) is 29.2 Å². The van der Waals surface area contributed by atoms with E-state index in [9.17, 15) is 4.79 Å². The summed E-state index contributed by atoms with van der Waals surface area (Å²) >= 11 is 5.95. The van der Waals surface area contributed by atoms with Crippen molar-refractivity contribution in [2.45, 2.75) is 46.1 Å². The molecule has 1 unspecified atom stereocenters. The minimum atomic E-state index is -0.255. The van der Waals surface area contributed by atoms with Crippen LogP contribution < -0.4 is 4.74 Å². The maximum Gasteiger partial charge on any atom is 0.138 e. The highest BCUT2D eigenvalue weighted by atomic mass is 35.5. The summed E-state index contributed by atoms with van der Waals surface area (Å²) < 4.78 is 5.81. The first-order chi connectivity index (χ1) is 8.36. The maximum atomic E-state index is 11.9. The number of Topliss-reactive ketones (excluding diaryl/α,β-unsaturated/α-hetero) is 1. The van der Waals surface area contributed by atoms with Crippen LogP contribution in [0.1, 0.15) is 39.2 Å². The molecule has 0 N–H and O–H groups in total. The second-order valence-corrected chi connectivity index (χ2v) is 6.34. The van der Waals surface area contributed by atoms with Crippen molar-refractivity contribution in [2.75, 3.05) is 0 Å². The van der Waals surface area contributed by atoms with Gasteiger partial charge in [-0.1, -0.05) is 32.4 Å². The molecule has 1 heterocycles. The molecule has 18 heavy (non-hydrogen) atoms. The average Bonchev–Trinajstić information content (AvgIpc) is 2.66. The minimum Gasteiger partial charge on any atom is -0.490 e. The largest absolute Gasteiger partial charge is 0.490 e. The molecule has 1 atom stereocenters. The van der Waals surface area contributed by atoms with Crippen molar-refractivity contribution < 1.29 is 9.53 Å². The van der Waals surface area contributed by atoms with Crippen molar-refractivity contribution in [2.24, 2.45) is 5.41 Å². The normalized spacial score (nSPS) is 18.3. The summed E-state index contributed by atoms with van der Waals surface area (Å²) in [6.45, 7) is 5.87. The lowest BCUT2D eigenvalue weighted by molar-refractivity contribution is -0.126. The van der Waals surface area contributed by atoms with Crippen molar-refractivity contribution in [1.82, 2.24) is 0 Å². The molecule has 0 bridgehead atoms. The van der Waals surface area contributed by atoms with Crippen LogP contribution in [-0.2, 0) is 11.2 Å². The van der Waals surface area contributed by atoms with E-state index >= 15 is 0 Å². The molecule has 3 heteroatoms. The fourth-order valence-electron chi connectivity index (χ4n) is 2.12. The van der Waals surface area contributed by atoms with Gasteiger partial charge in [0.05, 0.1) is 0 Å². The number of carbonyl (C=O) groups excluding carboxylic acids is 1. The zero-order valence-corrected chi connectivity index (χ0v) is 11.9. The molecule has 1 aromatic carbocycles. The van der Waals surface area contributed by atoms with E-state index in [1.807, 2.05) is 39.0 Å². The lowest BCUT2D eigenvalue weighted by Crippen LogP contribution is -2.23. The first-order valence-corrected chi connectivity index (χ1v) is 6.72. The van der Waals surface area contributed by atoms with E-state index < -0.39 is 0 Å².